The Hall–Kier alpha value is -0.850. The maximum absolute atomic E-state index is 12.4. The first-order chi connectivity index (χ1) is 9.50. The molecule has 0 radical (unpaired) electrons. The Labute approximate surface area is 133 Å². The maximum atomic E-state index is 12.4. The van der Waals surface area contributed by atoms with Crippen molar-refractivity contribution in [1.82, 2.24) is 16.0 Å². The molecule has 0 bridgehead atoms. The second kappa shape index (κ2) is 9.97. The van der Waals surface area contributed by atoms with Gasteiger partial charge in [-0.15, -0.1) is 12.4 Å². The molecule has 0 aromatic heterocycles. The number of carbonyl (C=O) groups is 2. The number of piperidine rings is 1. The van der Waals surface area contributed by atoms with Crippen molar-refractivity contribution in [1.29, 1.82) is 0 Å². The van der Waals surface area contributed by atoms with Crippen LogP contribution in [0.3, 0.4) is 0 Å². The molecule has 0 spiro atoms. The quantitative estimate of drug-likeness (QED) is 0.636. The van der Waals surface area contributed by atoms with Crippen molar-refractivity contribution in [3.8, 4) is 0 Å². The van der Waals surface area contributed by atoms with Gasteiger partial charge in [0.2, 0.25) is 11.8 Å². The molecule has 1 aliphatic heterocycles. The van der Waals surface area contributed by atoms with Crippen molar-refractivity contribution >= 4 is 24.2 Å². The lowest BCUT2D eigenvalue weighted by atomic mass is 9.78. The summed E-state index contributed by atoms with van der Waals surface area (Å²) in [6, 6.07) is 0.127. The lowest BCUT2D eigenvalue weighted by Crippen LogP contribution is -2.50. The standard InChI is InChI=1S/C14H27N3O3.ClH/c1-11(2)17-12(18)4-7-16-13(19)14(10-20-3)5-8-15-9-6-14;/h11,15H,4-10H2,1-3H3,(H,16,19)(H,17,18);1H. The van der Waals surface area contributed by atoms with E-state index in [4.69, 9.17) is 4.74 Å². The Morgan fingerprint density at radius 2 is 1.90 bits per heavy atom. The van der Waals surface area contributed by atoms with Crippen LogP contribution in [0.4, 0.5) is 0 Å². The van der Waals surface area contributed by atoms with E-state index in [-0.39, 0.29) is 30.3 Å². The molecule has 0 aliphatic carbocycles. The summed E-state index contributed by atoms with van der Waals surface area (Å²) in [7, 11) is 1.62. The molecule has 0 atom stereocenters. The lowest BCUT2D eigenvalue weighted by molar-refractivity contribution is -0.136. The van der Waals surface area contributed by atoms with E-state index in [1.165, 1.54) is 0 Å². The van der Waals surface area contributed by atoms with Crippen LogP contribution in [0.15, 0.2) is 0 Å². The summed E-state index contributed by atoms with van der Waals surface area (Å²) >= 11 is 0. The number of rotatable bonds is 7. The first kappa shape index (κ1) is 20.1. The number of ether oxygens (including phenoxy) is 1. The molecule has 1 aliphatic rings. The van der Waals surface area contributed by atoms with Crippen molar-refractivity contribution in [2.24, 2.45) is 5.41 Å². The van der Waals surface area contributed by atoms with Gasteiger partial charge in [0.25, 0.3) is 0 Å². The van der Waals surface area contributed by atoms with Crippen molar-refractivity contribution in [2.45, 2.75) is 39.2 Å². The molecule has 7 heteroatoms. The largest absolute Gasteiger partial charge is 0.384 e. The number of methoxy groups -OCH3 is 1. The molecular formula is C14H28ClN3O3. The minimum atomic E-state index is -0.450. The fourth-order valence-electron chi connectivity index (χ4n) is 2.49. The predicted molar refractivity (Wildman–Crippen MR) is 84.6 cm³/mol. The van der Waals surface area contributed by atoms with Gasteiger partial charge < -0.3 is 20.7 Å². The highest BCUT2D eigenvalue weighted by Crippen LogP contribution is 2.29. The third kappa shape index (κ3) is 6.63. The lowest BCUT2D eigenvalue weighted by Gasteiger charge is -2.35. The molecule has 6 nitrogen and oxygen atoms in total. The van der Waals surface area contributed by atoms with E-state index >= 15 is 0 Å². The van der Waals surface area contributed by atoms with Gasteiger partial charge in [-0.2, -0.15) is 0 Å². The number of amides is 2. The predicted octanol–water partition coefficient (Wildman–Crippen LogP) is 0.455. The summed E-state index contributed by atoms with van der Waals surface area (Å²) in [5.41, 5.74) is -0.450. The van der Waals surface area contributed by atoms with Gasteiger partial charge in [-0.3, -0.25) is 9.59 Å². The zero-order valence-electron chi connectivity index (χ0n) is 13.2. The summed E-state index contributed by atoms with van der Waals surface area (Å²) in [4.78, 5) is 23.9. The van der Waals surface area contributed by atoms with Gasteiger partial charge in [0.05, 0.1) is 12.0 Å². The number of hydrogen-bond acceptors (Lipinski definition) is 4. The van der Waals surface area contributed by atoms with Crippen LogP contribution in [0.1, 0.15) is 33.1 Å². The Morgan fingerprint density at radius 3 is 2.43 bits per heavy atom. The average Bonchev–Trinajstić information content (AvgIpc) is 2.39. The smallest absolute Gasteiger partial charge is 0.228 e. The Bertz CT molecular complexity index is 326. The van der Waals surface area contributed by atoms with E-state index in [2.05, 4.69) is 16.0 Å². The van der Waals surface area contributed by atoms with Crippen molar-refractivity contribution in [3.63, 3.8) is 0 Å². The first-order valence-electron chi connectivity index (χ1n) is 7.27. The highest BCUT2D eigenvalue weighted by atomic mass is 35.5. The normalized spacial score (nSPS) is 17.0. The van der Waals surface area contributed by atoms with Crippen molar-refractivity contribution < 1.29 is 14.3 Å². The van der Waals surface area contributed by atoms with Gasteiger partial charge in [-0.1, -0.05) is 0 Å². The fourth-order valence-corrected chi connectivity index (χ4v) is 2.49. The SMILES string of the molecule is COCC1(C(=O)NCCC(=O)NC(C)C)CCNCC1.Cl. The van der Waals surface area contributed by atoms with Crippen molar-refractivity contribution in [3.05, 3.63) is 0 Å². The van der Waals surface area contributed by atoms with Crippen LogP contribution in [-0.2, 0) is 14.3 Å². The Balaban J connectivity index is 0.00000400. The molecule has 21 heavy (non-hydrogen) atoms. The van der Waals surface area contributed by atoms with E-state index in [0.717, 1.165) is 25.9 Å². The zero-order valence-corrected chi connectivity index (χ0v) is 14.0. The second-order valence-corrected chi connectivity index (χ2v) is 5.69. The summed E-state index contributed by atoms with van der Waals surface area (Å²) in [5, 5.41) is 8.93. The summed E-state index contributed by atoms with van der Waals surface area (Å²) in [5.74, 6) is -0.0374. The van der Waals surface area contributed by atoms with E-state index in [1.54, 1.807) is 7.11 Å². The Kier molecular flexibility index (Phi) is 9.57. The molecule has 0 unspecified atom stereocenters. The molecule has 2 amide bonds. The van der Waals surface area contributed by atoms with E-state index in [1.807, 2.05) is 13.8 Å². The van der Waals surface area contributed by atoms with Crippen LogP contribution < -0.4 is 16.0 Å². The molecule has 1 fully saturated rings. The molecule has 124 valence electrons. The maximum Gasteiger partial charge on any atom is 0.228 e. The zero-order chi connectivity index (χ0) is 15.0. The fraction of sp³-hybridized carbons (Fsp3) is 0.857. The van der Waals surface area contributed by atoms with Gasteiger partial charge >= 0.3 is 0 Å². The van der Waals surface area contributed by atoms with Gasteiger partial charge in [-0.05, 0) is 39.8 Å². The third-order valence-corrected chi connectivity index (χ3v) is 3.55. The van der Waals surface area contributed by atoms with Crippen LogP contribution in [0, 0.1) is 5.41 Å². The van der Waals surface area contributed by atoms with Crippen LogP contribution in [0.2, 0.25) is 0 Å². The highest BCUT2D eigenvalue weighted by Gasteiger charge is 2.39. The van der Waals surface area contributed by atoms with E-state index < -0.39 is 5.41 Å². The summed E-state index contributed by atoms with van der Waals surface area (Å²) in [6.07, 6.45) is 1.85. The molecule has 1 saturated heterocycles. The molecule has 1 rings (SSSR count). The molecular weight excluding hydrogens is 294 g/mol. The second-order valence-electron chi connectivity index (χ2n) is 5.69. The minimum Gasteiger partial charge on any atom is -0.384 e. The first-order valence-corrected chi connectivity index (χ1v) is 7.27. The molecule has 0 aromatic carbocycles. The van der Waals surface area contributed by atoms with Crippen LogP contribution >= 0.6 is 12.4 Å². The number of nitrogens with one attached hydrogen (secondary N) is 3. The van der Waals surface area contributed by atoms with Crippen LogP contribution in [0.25, 0.3) is 0 Å². The number of halogens is 1. The third-order valence-electron chi connectivity index (χ3n) is 3.55. The summed E-state index contributed by atoms with van der Waals surface area (Å²) < 4.78 is 5.22. The average molecular weight is 322 g/mol. The highest BCUT2D eigenvalue weighted by molar-refractivity contribution is 5.85. The van der Waals surface area contributed by atoms with Crippen LogP contribution in [-0.4, -0.2) is 51.2 Å². The molecule has 0 saturated carbocycles. The van der Waals surface area contributed by atoms with Gasteiger partial charge in [0.15, 0.2) is 0 Å². The van der Waals surface area contributed by atoms with E-state index in [9.17, 15) is 9.59 Å². The van der Waals surface area contributed by atoms with Crippen molar-refractivity contribution in [2.75, 3.05) is 33.4 Å². The van der Waals surface area contributed by atoms with Crippen LogP contribution in [0.5, 0.6) is 0 Å². The van der Waals surface area contributed by atoms with Gasteiger partial charge in [0, 0.05) is 26.1 Å². The molecule has 0 aromatic rings. The molecule has 3 N–H and O–H groups in total. The minimum absolute atomic E-state index is 0. The van der Waals surface area contributed by atoms with E-state index in [0.29, 0.717) is 19.6 Å². The van der Waals surface area contributed by atoms with Gasteiger partial charge in [0.1, 0.15) is 0 Å². The topological polar surface area (TPSA) is 79.5 Å². The summed E-state index contributed by atoms with van der Waals surface area (Å²) in [6.45, 7) is 6.28. The number of carbonyl (C=O) groups excluding carboxylic acids is 2. The monoisotopic (exact) mass is 321 g/mol. The Morgan fingerprint density at radius 1 is 1.29 bits per heavy atom. The number of hydrogen-bond donors (Lipinski definition) is 3. The van der Waals surface area contributed by atoms with Gasteiger partial charge in [-0.25, -0.2) is 0 Å². The molecule has 1 heterocycles.